The first-order chi connectivity index (χ1) is 8.60. The van der Waals surface area contributed by atoms with Gasteiger partial charge in [0.2, 0.25) is 5.95 Å². The molecule has 100 valence electrons. The average molecular weight is 249 g/mol. The molecule has 4 nitrogen and oxygen atoms in total. The highest BCUT2D eigenvalue weighted by Crippen LogP contribution is 2.27. The van der Waals surface area contributed by atoms with Crippen molar-refractivity contribution in [3.05, 3.63) is 17.5 Å². The molecular weight excluding hydrogens is 226 g/mol. The lowest BCUT2D eigenvalue weighted by Gasteiger charge is -2.19. The third-order valence-corrected chi connectivity index (χ3v) is 3.67. The van der Waals surface area contributed by atoms with Gasteiger partial charge in [-0.05, 0) is 31.7 Å². The van der Waals surface area contributed by atoms with Gasteiger partial charge in [-0.3, -0.25) is 0 Å². The Kier molecular flexibility index (Phi) is 4.17. The predicted molar refractivity (Wildman–Crippen MR) is 72.7 cm³/mol. The Labute approximate surface area is 109 Å². The van der Waals surface area contributed by atoms with Gasteiger partial charge < -0.3 is 10.4 Å². The van der Waals surface area contributed by atoms with Gasteiger partial charge in [0.25, 0.3) is 0 Å². The number of aryl methyl sites for hydroxylation is 1. The van der Waals surface area contributed by atoms with Crippen LogP contribution in [0.1, 0.15) is 50.4 Å². The van der Waals surface area contributed by atoms with Gasteiger partial charge in [-0.1, -0.05) is 20.3 Å². The highest BCUT2D eigenvalue weighted by Gasteiger charge is 2.27. The number of aliphatic hydroxyl groups is 1. The summed E-state index contributed by atoms with van der Waals surface area (Å²) in [5.41, 5.74) is 2.07. The minimum atomic E-state index is 0.251. The lowest BCUT2D eigenvalue weighted by Crippen LogP contribution is -2.27. The van der Waals surface area contributed by atoms with Gasteiger partial charge in [0.1, 0.15) is 0 Å². The van der Waals surface area contributed by atoms with E-state index < -0.39 is 0 Å². The van der Waals surface area contributed by atoms with E-state index in [2.05, 4.69) is 29.1 Å². The van der Waals surface area contributed by atoms with Crippen molar-refractivity contribution in [1.82, 2.24) is 9.97 Å². The highest BCUT2D eigenvalue weighted by atomic mass is 16.3. The third-order valence-electron chi connectivity index (χ3n) is 3.67. The van der Waals surface area contributed by atoms with E-state index in [1.165, 1.54) is 6.42 Å². The Morgan fingerprint density at radius 3 is 2.83 bits per heavy atom. The first kappa shape index (κ1) is 13.3. The Bertz CT molecular complexity index is 406. The van der Waals surface area contributed by atoms with E-state index in [1.54, 1.807) is 0 Å². The van der Waals surface area contributed by atoms with Gasteiger partial charge in [0.15, 0.2) is 0 Å². The Morgan fingerprint density at radius 2 is 2.17 bits per heavy atom. The number of rotatable bonds is 4. The molecule has 1 aliphatic carbocycles. The molecule has 1 heterocycles. The molecule has 0 radical (unpaired) electrons. The second-order valence-electron chi connectivity index (χ2n) is 5.54. The summed E-state index contributed by atoms with van der Waals surface area (Å²) in [7, 11) is 0. The molecule has 18 heavy (non-hydrogen) atoms. The summed E-state index contributed by atoms with van der Waals surface area (Å²) >= 11 is 0. The average Bonchev–Trinajstić information content (AvgIpc) is 2.75. The van der Waals surface area contributed by atoms with Crippen LogP contribution in [0.4, 0.5) is 5.95 Å². The Morgan fingerprint density at radius 1 is 1.39 bits per heavy atom. The molecule has 0 aromatic carbocycles. The van der Waals surface area contributed by atoms with Crippen molar-refractivity contribution in [3.8, 4) is 0 Å². The molecule has 1 aromatic heterocycles. The van der Waals surface area contributed by atoms with Gasteiger partial charge in [-0.25, -0.2) is 9.97 Å². The van der Waals surface area contributed by atoms with Gasteiger partial charge in [0, 0.05) is 30.0 Å². The first-order valence-corrected chi connectivity index (χ1v) is 6.83. The third kappa shape index (κ3) is 2.99. The molecule has 0 amide bonds. The number of hydrogen-bond acceptors (Lipinski definition) is 4. The van der Waals surface area contributed by atoms with Crippen LogP contribution in [0.3, 0.4) is 0 Å². The fourth-order valence-corrected chi connectivity index (χ4v) is 2.56. The van der Waals surface area contributed by atoms with Crippen molar-refractivity contribution in [1.29, 1.82) is 0 Å². The first-order valence-electron chi connectivity index (χ1n) is 6.83. The zero-order valence-corrected chi connectivity index (χ0v) is 11.5. The summed E-state index contributed by atoms with van der Waals surface area (Å²) in [6, 6.07) is 2.35. The quantitative estimate of drug-likeness (QED) is 0.860. The molecule has 2 atom stereocenters. The number of aromatic nitrogens is 2. The molecular formula is C14H23N3O. The van der Waals surface area contributed by atoms with Gasteiger partial charge >= 0.3 is 0 Å². The molecule has 0 saturated heterocycles. The molecule has 1 aromatic rings. The second-order valence-corrected chi connectivity index (χ2v) is 5.54. The predicted octanol–water partition coefficient (Wildman–Crippen LogP) is 2.48. The van der Waals surface area contributed by atoms with Gasteiger partial charge in [-0.2, -0.15) is 0 Å². The molecule has 1 aliphatic rings. The molecule has 1 fully saturated rings. The van der Waals surface area contributed by atoms with E-state index in [9.17, 15) is 5.11 Å². The van der Waals surface area contributed by atoms with E-state index >= 15 is 0 Å². The number of aliphatic hydroxyl groups excluding tert-OH is 1. The highest BCUT2D eigenvalue weighted by molar-refractivity contribution is 5.31. The molecule has 2 unspecified atom stereocenters. The van der Waals surface area contributed by atoms with Crippen LogP contribution in [-0.4, -0.2) is 27.7 Å². The van der Waals surface area contributed by atoms with E-state index in [-0.39, 0.29) is 6.61 Å². The second kappa shape index (κ2) is 5.65. The van der Waals surface area contributed by atoms with Crippen LogP contribution in [0.5, 0.6) is 0 Å². The molecule has 0 spiro atoms. The van der Waals surface area contributed by atoms with E-state index in [1.807, 2.05) is 13.0 Å². The van der Waals surface area contributed by atoms with E-state index in [0.29, 0.717) is 23.8 Å². The summed E-state index contributed by atoms with van der Waals surface area (Å²) in [5.74, 6) is 1.46. The van der Waals surface area contributed by atoms with E-state index in [4.69, 9.17) is 0 Å². The summed E-state index contributed by atoms with van der Waals surface area (Å²) in [6.07, 6.45) is 3.36. The smallest absolute Gasteiger partial charge is 0.223 e. The van der Waals surface area contributed by atoms with Crippen molar-refractivity contribution in [2.75, 3.05) is 11.9 Å². The minimum Gasteiger partial charge on any atom is -0.396 e. The number of hydrogen-bond donors (Lipinski definition) is 2. The van der Waals surface area contributed by atoms with Crippen molar-refractivity contribution in [3.63, 3.8) is 0 Å². The zero-order valence-electron chi connectivity index (χ0n) is 11.5. The molecule has 2 rings (SSSR count). The lowest BCUT2D eigenvalue weighted by atomic mass is 10.1. The van der Waals surface area contributed by atoms with Crippen molar-refractivity contribution >= 4 is 5.95 Å². The fourth-order valence-electron chi connectivity index (χ4n) is 2.56. The van der Waals surface area contributed by atoms with Crippen LogP contribution < -0.4 is 5.32 Å². The van der Waals surface area contributed by atoms with Gasteiger partial charge in [-0.15, -0.1) is 0 Å². The molecule has 1 saturated carbocycles. The standard InChI is InChI=1S/C14H23N3O/c1-9(2)13-7-10(3)15-14(17-13)16-12-6-4-5-11(12)8-18/h7,9,11-12,18H,4-6,8H2,1-3H3,(H,15,16,17). The maximum atomic E-state index is 9.33. The van der Waals surface area contributed by atoms with Crippen molar-refractivity contribution in [2.45, 2.75) is 52.0 Å². The Hall–Kier alpha value is -1.16. The summed E-state index contributed by atoms with van der Waals surface area (Å²) in [5, 5.41) is 12.7. The summed E-state index contributed by atoms with van der Waals surface area (Å²) < 4.78 is 0. The molecule has 2 N–H and O–H groups in total. The summed E-state index contributed by atoms with van der Waals surface area (Å²) in [6.45, 7) is 6.52. The van der Waals surface area contributed by atoms with Crippen molar-refractivity contribution < 1.29 is 5.11 Å². The van der Waals surface area contributed by atoms with Crippen molar-refractivity contribution in [2.24, 2.45) is 5.92 Å². The molecule has 0 aliphatic heterocycles. The normalized spacial score (nSPS) is 23.6. The van der Waals surface area contributed by atoms with Crippen LogP contribution in [0.2, 0.25) is 0 Å². The van der Waals surface area contributed by atoms with Crippen LogP contribution >= 0.6 is 0 Å². The number of nitrogens with one attached hydrogen (secondary N) is 1. The number of nitrogens with zero attached hydrogens (tertiary/aromatic N) is 2. The summed E-state index contributed by atoms with van der Waals surface area (Å²) in [4.78, 5) is 9.01. The van der Waals surface area contributed by atoms with Crippen LogP contribution in [0, 0.1) is 12.8 Å². The molecule has 0 bridgehead atoms. The Balaban J connectivity index is 2.13. The maximum absolute atomic E-state index is 9.33. The monoisotopic (exact) mass is 249 g/mol. The van der Waals surface area contributed by atoms with Crippen LogP contribution in [-0.2, 0) is 0 Å². The minimum absolute atomic E-state index is 0.251. The zero-order chi connectivity index (χ0) is 13.1. The topological polar surface area (TPSA) is 58.0 Å². The molecule has 4 heteroatoms. The lowest BCUT2D eigenvalue weighted by molar-refractivity contribution is 0.222. The van der Waals surface area contributed by atoms with E-state index in [0.717, 1.165) is 24.2 Å². The maximum Gasteiger partial charge on any atom is 0.223 e. The van der Waals surface area contributed by atoms with Crippen LogP contribution in [0.25, 0.3) is 0 Å². The SMILES string of the molecule is Cc1cc(C(C)C)nc(NC2CCCC2CO)n1. The van der Waals surface area contributed by atoms with Crippen LogP contribution in [0.15, 0.2) is 6.07 Å². The largest absolute Gasteiger partial charge is 0.396 e. The van der Waals surface area contributed by atoms with Gasteiger partial charge in [0.05, 0.1) is 0 Å². The fraction of sp³-hybridized carbons (Fsp3) is 0.714. The number of anilines is 1.